The molecule has 10 heteroatoms. The number of aromatic nitrogens is 4. The zero-order chi connectivity index (χ0) is 23.7. The predicted octanol–water partition coefficient (Wildman–Crippen LogP) is 4.74. The van der Waals surface area contributed by atoms with Gasteiger partial charge in [-0.15, -0.1) is 5.10 Å². The average Bonchev–Trinajstić information content (AvgIpc) is 3.44. The second-order valence-corrected chi connectivity index (χ2v) is 9.04. The number of rotatable bonds is 4. The second kappa shape index (κ2) is 9.25. The number of halogens is 3. The van der Waals surface area contributed by atoms with Crippen molar-refractivity contribution in [1.82, 2.24) is 24.6 Å². The highest BCUT2D eigenvalue weighted by atomic mass is 19.4. The Labute approximate surface area is 196 Å². The molecule has 1 aliphatic heterocycles. The fourth-order valence-corrected chi connectivity index (χ4v) is 5.02. The molecule has 3 heterocycles. The quantitative estimate of drug-likeness (QED) is 0.572. The van der Waals surface area contributed by atoms with E-state index in [1.807, 2.05) is 6.07 Å². The lowest BCUT2D eigenvalue weighted by Gasteiger charge is -2.31. The molecule has 0 spiro atoms. The minimum atomic E-state index is -4.45. The average molecular weight is 472 g/mol. The highest BCUT2D eigenvalue weighted by Gasteiger charge is 2.31. The third kappa shape index (κ3) is 4.86. The molecule has 1 saturated carbocycles. The molecule has 0 bridgehead atoms. The van der Waals surface area contributed by atoms with Crippen LogP contribution in [-0.2, 0) is 19.0 Å². The minimum Gasteiger partial charge on any atom is -0.368 e. The Morgan fingerprint density at radius 1 is 0.971 bits per heavy atom. The molecular formula is C24H28F3N7. The molecular weight excluding hydrogens is 443 g/mol. The number of nitrogens with two attached hydrogens (primary N) is 1. The first-order valence-electron chi connectivity index (χ1n) is 11.8. The van der Waals surface area contributed by atoms with Crippen LogP contribution in [0.4, 0.5) is 30.8 Å². The van der Waals surface area contributed by atoms with Gasteiger partial charge in [0.25, 0.3) is 0 Å². The van der Waals surface area contributed by atoms with E-state index in [-0.39, 0.29) is 17.7 Å². The summed E-state index contributed by atoms with van der Waals surface area (Å²) in [5.41, 5.74) is 8.68. The Bertz CT molecular complexity index is 1130. The van der Waals surface area contributed by atoms with Crippen LogP contribution in [-0.4, -0.2) is 43.8 Å². The summed E-state index contributed by atoms with van der Waals surface area (Å²) in [6.07, 6.45) is 4.86. The first kappa shape index (κ1) is 22.6. The Morgan fingerprint density at radius 2 is 1.79 bits per heavy atom. The largest absolute Gasteiger partial charge is 0.417 e. The molecule has 0 atom stereocenters. The number of hydrogen-bond donors (Lipinski definition) is 2. The van der Waals surface area contributed by atoms with Crippen LogP contribution in [0.1, 0.15) is 48.8 Å². The number of benzene rings is 1. The lowest BCUT2D eigenvalue weighted by atomic mass is 9.96. The maximum atomic E-state index is 12.8. The standard InChI is InChI=1S/C24H28F3N7/c25-24(26,27)18-8-10-21(29-15-18)34-22(28)31-23(32-34)30-19-9-7-16-4-3-12-33(13-11-17(16)14-19)20-5-1-2-6-20/h7-10,14-15,20H,1-6,11-13H2,(H3,28,30,31,32). The number of anilines is 3. The molecule has 5 rings (SSSR count). The number of nitrogens with zero attached hydrogens (tertiary/aromatic N) is 5. The van der Waals surface area contributed by atoms with Gasteiger partial charge in [0.05, 0.1) is 5.56 Å². The van der Waals surface area contributed by atoms with Gasteiger partial charge in [-0.2, -0.15) is 22.8 Å². The number of nitrogen functional groups attached to an aromatic ring is 1. The molecule has 2 aromatic heterocycles. The maximum absolute atomic E-state index is 12.8. The van der Waals surface area contributed by atoms with Crippen molar-refractivity contribution in [3.63, 3.8) is 0 Å². The molecule has 3 N–H and O–H groups in total. The maximum Gasteiger partial charge on any atom is 0.417 e. The van der Waals surface area contributed by atoms with E-state index >= 15 is 0 Å². The molecule has 1 fully saturated rings. The van der Waals surface area contributed by atoms with Gasteiger partial charge in [-0.25, -0.2) is 4.98 Å². The number of nitrogens with one attached hydrogen (secondary N) is 1. The molecule has 0 saturated heterocycles. The Hall–Kier alpha value is -3.14. The van der Waals surface area contributed by atoms with Crippen LogP contribution in [0.3, 0.4) is 0 Å². The zero-order valence-corrected chi connectivity index (χ0v) is 18.9. The third-order valence-electron chi connectivity index (χ3n) is 6.79. The van der Waals surface area contributed by atoms with Gasteiger partial charge in [0.2, 0.25) is 11.9 Å². The highest BCUT2D eigenvalue weighted by Crippen LogP contribution is 2.30. The number of alkyl halides is 3. The van der Waals surface area contributed by atoms with E-state index in [9.17, 15) is 13.2 Å². The van der Waals surface area contributed by atoms with Gasteiger partial charge in [-0.3, -0.25) is 0 Å². The molecule has 1 aliphatic carbocycles. The number of aryl methyl sites for hydroxylation is 1. The second-order valence-electron chi connectivity index (χ2n) is 9.04. The number of pyridine rings is 1. The molecule has 1 aromatic carbocycles. The summed E-state index contributed by atoms with van der Waals surface area (Å²) in [5.74, 6) is 0.460. The lowest BCUT2D eigenvalue weighted by Crippen LogP contribution is -2.37. The SMILES string of the molecule is Nc1nc(Nc2ccc3c(c2)CCN(C2CCCC2)CCC3)nn1-c1ccc(C(F)(F)F)cn1. The summed E-state index contributed by atoms with van der Waals surface area (Å²) in [6, 6.07) is 9.20. The molecule has 7 nitrogen and oxygen atoms in total. The normalized spacial score (nSPS) is 17.9. The summed E-state index contributed by atoms with van der Waals surface area (Å²) in [6.45, 7) is 2.24. The van der Waals surface area contributed by atoms with Crippen LogP contribution in [0.2, 0.25) is 0 Å². The fourth-order valence-electron chi connectivity index (χ4n) is 5.02. The predicted molar refractivity (Wildman–Crippen MR) is 124 cm³/mol. The van der Waals surface area contributed by atoms with Crippen LogP contribution in [0, 0.1) is 0 Å². The van der Waals surface area contributed by atoms with Gasteiger partial charge in [-0.05, 0) is 74.0 Å². The van der Waals surface area contributed by atoms with Crippen molar-refractivity contribution in [3.8, 4) is 5.82 Å². The third-order valence-corrected chi connectivity index (χ3v) is 6.79. The summed E-state index contributed by atoms with van der Waals surface area (Å²) in [4.78, 5) is 10.7. The van der Waals surface area contributed by atoms with Crippen molar-refractivity contribution in [3.05, 3.63) is 53.2 Å². The van der Waals surface area contributed by atoms with Crippen molar-refractivity contribution in [1.29, 1.82) is 0 Å². The summed E-state index contributed by atoms with van der Waals surface area (Å²) >= 11 is 0. The summed E-state index contributed by atoms with van der Waals surface area (Å²) < 4.78 is 39.6. The molecule has 180 valence electrons. The fraction of sp³-hybridized carbons (Fsp3) is 0.458. The first-order chi connectivity index (χ1) is 16.4. The molecule has 0 unspecified atom stereocenters. The Kier molecular flexibility index (Phi) is 6.16. The minimum absolute atomic E-state index is 0.0354. The van der Waals surface area contributed by atoms with Crippen molar-refractivity contribution >= 4 is 17.6 Å². The summed E-state index contributed by atoms with van der Waals surface area (Å²) in [7, 11) is 0. The van der Waals surface area contributed by atoms with E-state index in [0.29, 0.717) is 0 Å². The number of hydrogen-bond acceptors (Lipinski definition) is 6. The molecule has 3 aromatic rings. The highest BCUT2D eigenvalue weighted by molar-refractivity contribution is 5.57. The zero-order valence-electron chi connectivity index (χ0n) is 18.9. The van der Waals surface area contributed by atoms with Gasteiger partial charge in [0, 0.05) is 24.5 Å². The smallest absolute Gasteiger partial charge is 0.368 e. The van der Waals surface area contributed by atoms with Gasteiger partial charge in [-0.1, -0.05) is 18.9 Å². The molecule has 2 aliphatic rings. The van der Waals surface area contributed by atoms with E-state index in [2.05, 4.69) is 37.4 Å². The van der Waals surface area contributed by atoms with Crippen LogP contribution < -0.4 is 11.1 Å². The van der Waals surface area contributed by atoms with Gasteiger partial charge >= 0.3 is 6.18 Å². The monoisotopic (exact) mass is 471 g/mol. The van der Waals surface area contributed by atoms with E-state index in [1.54, 1.807) is 0 Å². The van der Waals surface area contributed by atoms with Crippen LogP contribution in [0.5, 0.6) is 0 Å². The van der Waals surface area contributed by atoms with E-state index in [0.717, 1.165) is 43.4 Å². The van der Waals surface area contributed by atoms with E-state index < -0.39 is 11.7 Å². The van der Waals surface area contributed by atoms with Crippen molar-refractivity contribution in [2.75, 3.05) is 24.1 Å². The molecule has 0 amide bonds. The molecule has 0 radical (unpaired) electrons. The number of fused-ring (bicyclic) bond motifs is 1. The van der Waals surface area contributed by atoms with Crippen molar-refractivity contribution in [2.45, 2.75) is 57.2 Å². The van der Waals surface area contributed by atoms with Gasteiger partial charge in [0.15, 0.2) is 5.82 Å². The van der Waals surface area contributed by atoms with Crippen LogP contribution in [0.25, 0.3) is 5.82 Å². The van der Waals surface area contributed by atoms with Gasteiger partial charge < -0.3 is 16.0 Å². The van der Waals surface area contributed by atoms with Crippen LogP contribution in [0.15, 0.2) is 36.5 Å². The van der Waals surface area contributed by atoms with Gasteiger partial charge in [0.1, 0.15) is 0 Å². The lowest BCUT2D eigenvalue weighted by molar-refractivity contribution is -0.137. The van der Waals surface area contributed by atoms with Crippen molar-refractivity contribution in [2.24, 2.45) is 0 Å². The summed E-state index contributed by atoms with van der Waals surface area (Å²) in [5, 5.41) is 7.47. The molecule has 34 heavy (non-hydrogen) atoms. The van der Waals surface area contributed by atoms with Crippen LogP contribution >= 0.6 is 0 Å². The Morgan fingerprint density at radius 3 is 2.53 bits per heavy atom. The van der Waals surface area contributed by atoms with Crippen molar-refractivity contribution < 1.29 is 13.2 Å². The van der Waals surface area contributed by atoms with E-state index in [1.165, 1.54) is 60.5 Å². The Balaban J connectivity index is 1.31. The first-order valence-corrected chi connectivity index (χ1v) is 11.8. The van der Waals surface area contributed by atoms with E-state index in [4.69, 9.17) is 5.73 Å². The topological polar surface area (TPSA) is 84.9 Å².